The topological polar surface area (TPSA) is 82.4 Å². The summed E-state index contributed by atoms with van der Waals surface area (Å²) in [6.45, 7) is 2.90. The van der Waals surface area contributed by atoms with E-state index < -0.39 is 41.1 Å². The number of rotatable bonds is 9. The average Bonchev–Trinajstić information content (AvgIpc) is 2.83. The van der Waals surface area contributed by atoms with Gasteiger partial charge in [-0.3, -0.25) is 0 Å². The maximum Gasteiger partial charge on any atom is 0.499 e. The van der Waals surface area contributed by atoms with E-state index in [9.17, 15) is 37.1 Å². The second-order valence-corrected chi connectivity index (χ2v) is 8.47. The van der Waals surface area contributed by atoms with Gasteiger partial charge in [-0.05, 0) is 35.2 Å². The Morgan fingerprint density at radius 1 is 0.946 bits per heavy atom. The molecule has 0 fully saturated rings. The largest absolute Gasteiger partial charge is 0.548 e. The molecule has 0 aliphatic carbocycles. The lowest BCUT2D eigenvalue weighted by Crippen LogP contribution is -2.49. The number of aliphatic carboxylic acids is 1. The number of carboxylic acids is 1. The van der Waals surface area contributed by atoms with Gasteiger partial charge in [-0.25, -0.2) is 0 Å². The number of para-hydroxylation sites is 1. The number of carbonyl (C=O) groups is 1. The summed E-state index contributed by atoms with van der Waals surface area (Å²) in [5, 5.41) is 22.3. The zero-order chi connectivity index (χ0) is 27.4. The first-order valence-electron chi connectivity index (χ1n) is 11.0. The maximum atomic E-state index is 14.0. The van der Waals surface area contributed by atoms with Gasteiger partial charge in [0, 0.05) is 12.0 Å². The van der Waals surface area contributed by atoms with Crippen LogP contribution >= 0.6 is 0 Å². The van der Waals surface area contributed by atoms with Crippen LogP contribution in [0.2, 0.25) is 0 Å². The first kappa shape index (κ1) is 27.5. The van der Waals surface area contributed by atoms with Crippen molar-refractivity contribution in [1.82, 2.24) is 0 Å². The summed E-state index contributed by atoms with van der Waals surface area (Å²) >= 11 is 0. The molecule has 3 aromatic rings. The number of alkyl halides is 5. The lowest BCUT2D eigenvalue weighted by atomic mass is 9.70. The van der Waals surface area contributed by atoms with E-state index in [2.05, 4.69) is 4.74 Å². The van der Waals surface area contributed by atoms with Crippen molar-refractivity contribution in [3.63, 3.8) is 0 Å². The zero-order valence-electron chi connectivity index (χ0n) is 19.7. The van der Waals surface area contributed by atoms with Gasteiger partial charge in [0.15, 0.2) is 11.5 Å². The third kappa shape index (κ3) is 5.50. The predicted molar refractivity (Wildman–Crippen MR) is 121 cm³/mol. The molecule has 3 rings (SSSR count). The summed E-state index contributed by atoms with van der Waals surface area (Å²) in [6, 6.07) is 19.3. The molecule has 0 saturated carbocycles. The van der Waals surface area contributed by atoms with Crippen LogP contribution in [-0.2, 0) is 16.6 Å². The predicted octanol–water partition coefficient (Wildman–Crippen LogP) is 5.77. The molecule has 0 spiro atoms. The van der Waals surface area contributed by atoms with Gasteiger partial charge in [-0.1, -0.05) is 68.4 Å². The van der Waals surface area contributed by atoms with Crippen molar-refractivity contribution in [2.24, 2.45) is 5.92 Å². The summed E-state index contributed by atoms with van der Waals surface area (Å²) in [6.07, 6.45) is -11.8. The standard InChI is InChI=1S/C27H22F5NO4/c1-17(2)25(16-33,24(34)35)21-13-14-22(37-27(31,32)26(28,29)30)23(36-19-11-7-4-8-12-19)20(21)15-18-9-5-3-6-10-18/h3-14,17H,15H2,1-2H3,(H,34,35)/p-1. The Bertz CT molecular complexity index is 1290. The van der Waals surface area contributed by atoms with Crippen LogP contribution in [0.3, 0.4) is 0 Å². The summed E-state index contributed by atoms with van der Waals surface area (Å²) in [5.41, 5.74) is -2.05. The van der Waals surface area contributed by atoms with E-state index in [0.29, 0.717) is 5.56 Å². The molecule has 0 N–H and O–H groups in total. The molecule has 10 heteroatoms. The highest BCUT2D eigenvalue weighted by atomic mass is 19.4. The number of benzene rings is 3. The van der Waals surface area contributed by atoms with E-state index in [0.717, 1.165) is 12.1 Å². The summed E-state index contributed by atoms with van der Waals surface area (Å²) in [5.74, 6) is -4.17. The molecule has 0 bridgehead atoms. The lowest BCUT2D eigenvalue weighted by Gasteiger charge is -2.35. The van der Waals surface area contributed by atoms with Crippen LogP contribution in [0, 0.1) is 17.2 Å². The molecule has 0 saturated heterocycles. The van der Waals surface area contributed by atoms with Gasteiger partial charge in [-0.15, -0.1) is 0 Å². The van der Waals surface area contributed by atoms with Crippen LogP contribution in [-0.4, -0.2) is 18.3 Å². The maximum absolute atomic E-state index is 14.0. The van der Waals surface area contributed by atoms with Gasteiger partial charge in [0.2, 0.25) is 0 Å². The summed E-state index contributed by atoms with van der Waals surface area (Å²) in [7, 11) is 0. The molecule has 1 atom stereocenters. The Morgan fingerprint density at radius 2 is 1.51 bits per heavy atom. The highest BCUT2D eigenvalue weighted by molar-refractivity contribution is 5.85. The van der Waals surface area contributed by atoms with E-state index in [1.165, 1.54) is 38.1 Å². The third-order valence-corrected chi connectivity index (χ3v) is 5.77. The van der Waals surface area contributed by atoms with Crippen LogP contribution in [0.15, 0.2) is 72.8 Å². The Morgan fingerprint density at radius 3 is 2.00 bits per heavy atom. The second kappa shape index (κ2) is 10.5. The van der Waals surface area contributed by atoms with E-state index in [1.807, 2.05) is 0 Å². The van der Waals surface area contributed by atoms with Crippen LogP contribution in [0.1, 0.15) is 30.5 Å². The first-order chi connectivity index (χ1) is 17.3. The number of hydrogen-bond donors (Lipinski definition) is 0. The van der Waals surface area contributed by atoms with E-state index >= 15 is 0 Å². The Balaban J connectivity index is 2.38. The summed E-state index contributed by atoms with van der Waals surface area (Å²) < 4.78 is 76.9. The molecule has 37 heavy (non-hydrogen) atoms. The van der Waals surface area contributed by atoms with Crippen molar-refractivity contribution >= 4 is 5.97 Å². The number of nitrogens with zero attached hydrogens (tertiary/aromatic N) is 1. The molecule has 0 aliphatic heterocycles. The van der Waals surface area contributed by atoms with E-state index in [-0.39, 0.29) is 23.3 Å². The minimum atomic E-state index is -6.05. The Labute approximate surface area is 209 Å². The molecule has 194 valence electrons. The SMILES string of the molecule is CC(C)C(C#N)(C(=O)[O-])c1ccc(OC(F)(F)C(F)(F)F)c(Oc2ccccc2)c1Cc1ccccc1. The van der Waals surface area contributed by atoms with Crippen molar-refractivity contribution in [2.75, 3.05) is 0 Å². The van der Waals surface area contributed by atoms with Crippen molar-refractivity contribution in [1.29, 1.82) is 5.26 Å². The van der Waals surface area contributed by atoms with Gasteiger partial charge in [0.1, 0.15) is 11.2 Å². The van der Waals surface area contributed by atoms with Crippen molar-refractivity contribution in [3.05, 3.63) is 89.5 Å². The quantitative estimate of drug-likeness (QED) is 0.336. The normalized spacial score (nSPS) is 13.5. The molecule has 0 heterocycles. The minimum Gasteiger partial charge on any atom is -0.548 e. The Hall–Kier alpha value is -4.13. The molecule has 5 nitrogen and oxygen atoms in total. The molecule has 0 aliphatic rings. The van der Waals surface area contributed by atoms with Crippen molar-refractivity contribution in [3.8, 4) is 23.3 Å². The minimum absolute atomic E-state index is 0.0506. The molecule has 0 radical (unpaired) electrons. The van der Waals surface area contributed by atoms with E-state index in [1.54, 1.807) is 42.5 Å². The van der Waals surface area contributed by atoms with Crippen LogP contribution in [0.5, 0.6) is 17.2 Å². The van der Waals surface area contributed by atoms with Crippen LogP contribution in [0.25, 0.3) is 0 Å². The van der Waals surface area contributed by atoms with Crippen LogP contribution < -0.4 is 14.6 Å². The zero-order valence-corrected chi connectivity index (χ0v) is 19.7. The molecule has 0 aromatic heterocycles. The molecular formula is C27H21F5NO4-. The van der Waals surface area contributed by atoms with Gasteiger partial charge < -0.3 is 19.4 Å². The fraction of sp³-hybridized carbons (Fsp3) is 0.259. The third-order valence-electron chi connectivity index (χ3n) is 5.77. The summed E-state index contributed by atoms with van der Waals surface area (Å²) in [4.78, 5) is 12.3. The second-order valence-electron chi connectivity index (χ2n) is 8.47. The molecule has 0 amide bonds. The Kier molecular flexibility index (Phi) is 7.77. The van der Waals surface area contributed by atoms with Gasteiger partial charge in [0.25, 0.3) is 0 Å². The number of halogens is 5. The number of carboxylic acid groups (broad SMARTS) is 1. The van der Waals surface area contributed by atoms with Crippen LogP contribution in [0.4, 0.5) is 22.0 Å². The highest BCUT2D eigenvalue weighted by Crippen LogP contribution is 2.47. The monoisotopic (exact) mass is 518 g/mol. The lowest BCUT2D eigenvalue weighted by molar-refractivity contribution is -0.360. The number of nitriles is 1. The smallest absolute Gasteiger partial charge is 0.499 e. The number of hydrogen-bond acceptors (Lipinski definition) is 5. The highest BCUT2D eigenvalue weighted by Gasteiger charge is 2.61. The van der Waals surface area contributed by atoms with Gasteiger partial charge in [-0.2, -0.15) is 27.2 Å². The fourth-order valence-corrected chi connectivity index (χ4v) is 3.84. The fourth-order valence-electron chi connectivity index (χ4n) is 3.84. The first-order valence-corrected chi connectivity index (χ1v) is 11.0. The average molecular weight is 518 g/mol. The van der Waals surface area contributed by atoms with Crippen molar-refractivity contribution in [2.45, 2.75) is 38.0 Å². The van der Waals surface area contributed by atoms with Gasteiger partial charge in [0.05, 0.1) is 12.0 Å². The van der Waals surface area contributed by atoms with Crippen molar-refractivity contribution < 1.29 is 41.3 Å². The molecule has 3 aromatic carbocycles. The van der Waals surface area contributed by atoms with Gasteiger partial charge >= 0.3 is 12.3 Å². The molecule has 1 unspecified atom stereocenters. The molecular weight excluding hydrogens is 497 g/mol. The number of carbonyl (C=O) groups excluding carboxylic acids is 1. The van der Waals surface area contributed by atoms with E-state index in [4.69, 9.17) is 4.74 Å². The number of ether oxygens (including phenoxy) is 2.